The van der Waals surface area contributed by atoms with Crippen molar-refractivity contribution in [3.63, 3.8) is 0 Å². The number of rotatable bonds is 24. The lowest BCUT2D eigenvalue weighted by Crippen LogP contribution is -2.45. The van der Waals surface area contributed by atoms with Gasteiger partial charge in [0.25, 0.3) is 0 Å². The molecule has 0 rings (SSSR count). The molecule has 0 radical (unpaired) electrons. The second-order valence-electron chi connectivity index (χ2n) is 10.8. The molecular weight excluding hydrogens is 429 g/mol. The summed E-state index contributed by atoms with van der Waals surface area (Å²) in [6, 6.07) is 0. The van der Waals surface area contributed by atoms with Gasteiger partial charge in [-0.25, -0.2) is 0 Å². The Morgan fingerprint density at radius 2 is 1.12 bits per heavy atom. The second-order valence-corrected chi connectivity index (χ2v) is 12.8. The topological polar surface area (TPSA) is 46.5 Å². The molecule has 5 heteroatoms. The lowest BCUT2D eigenvalue weighted by atomic mass is 10.1. The van der Waals surface area contributed by atoms with E-state index < -0.39 is 7.60 Å². The van der Waals surface area contributed by atoms with E-state index in [1.807, 2.05) is 21.1 Å². The predicted octanol–water partition coefficient (Wildman–Crippen LogP) is 9.23. The van der Waals surface area contributed by atoms with E-state index in [0.29, 0.717) is 17.5 Å². The van der Waals surface area contributed by atoms with Gasteiger partial charge < -0.3 is 13.9 Å². The molecule has 0 aromatic rings. The molecule has 2 atom stereocenters. The Bertz CT molecular complexity index is 502. The fraction of sp³-hybridized carbons (Fsp3) is 0.929. The smallest absolute Gasteiger partial charge is 0.320 e. The first-order valence-electron chi connectivity index (χ1n) is 14.2. The SMILES string of the molecule is CCCCCCCCC=CCCCCCCCCCCCOP(=O)(O)C(CCC)[N+](C)(C)C. The summed E-state index contributed by atoms with van der Waals surface area (Å²) in [5, 5.41) is 0. The standard InChI is InChI=1S/C28H58NO3P/c1-6-8-9-10-11-12-13-14-15-16-17-18-19-20-21-22-23-24-25-27-32-33(30,31)28(26-7-2)29(3,4)5/h14-15,28H,6-13,16-27H2,1-5H3/p+1. The molecule has 2 unspecified atom stereocenters. The zero-order valence-electron chi connectivity index (χ0n) is 23.0. The first kappa shape index (κ1) is 32.8. The van der Waals surface area contributed by atoms with Crippen molar-refractivity contribution < 1.29 is 18.5 Å². The van der Waals surface area contributed by atoms with E-state index in [4.69, 9.17) is 4.52 Å². The van der Waals surface area contributed by atoms with Crippen LogP contribution in [0.4, 0.5) is 0 Å². The maximum atomic E-state index is 12.7. The fourth-order valence-electron chi connectivity index (χ4n) is 4.41. The van der Waals surface area contributed by atoms with Crippen LogP contribution in [0.15, 0.2) is 12.2 Å². The summed E-state index contributed by atoms with van der Waals surface area (Å²) in [5.74, 6) is -0.335. The van der Waals surface area contributed by atoms with Crippen LogP contribution in [-0.2, 0) is 9.09 Å². The van der Waals surface area contributed by atoms with Gasteiger partial charge >= 0.3 is 7.60 Å². The molecular formula is C28H59NO3P+. The largest absolute Gasteiger partial charge is 0.385 e. The molecule has 0 saturated heterocycles. The molecule has 0 spiro atoms. The van der Waals surface area contributed by atoms with Crippen LogP contribution in [0.25, 0.3) is 0 Å². The molecule has 0 saturated carbocycles. The summed E-state index contributed by atoms with van der Waals surface area (Å²) in [6.45, 7) is 4.73. The van der Waals surface area contributed by atoms with Gasteiger partial charge in [0.05, 0.1) is 27.7 Å². The number of unbranched alkanes of at least 4 members (excludes halogenated alkanes) is 15. The lowest BCUT2D eigenvalue weighted by Gasteiger charge is -2.35. The minimum absolute atomic E-state index is 0.335. The Hall–Kier alpha value is -0.150. The molecule has 0 fully saturated rings. The second kappa shape index (κ2) is 21.2. The van der Waals surface area contributed by atoms with Crippen molar-refractivity contribution in [2.75, 3.05) is 27.7 Å². The lowest BCUT2D eigenvalue weighted by molar-refractivity contribution is -0.883. The molecule has 0 aromatic carbocycles. The molecule has 198 valence electrons. The van der Waals surface area contributed by atoms with Crippen LogP contribution < -0.4 is 0 Å². The number of nitrogens with zero attached hydrogens (tertiary/aromatic N) is 1. The fourth-order valence-corrected chi connectivity index (χ4v) is 6.43. The summed E-state index contributed by atoms with van der Waals surface area (Å²) >= 11 is 0. The van der Waals surface area contributed by atoms with E-state index in [0.717, 1.165) is 19.3 Å². The monoisotopic (exact) mass is 488 g/mol. The van der Waals surface area contributed by atoms with E-state index in [-0.39, 0.29) is 5.78 Å². The van der Waals surface area contributed by atoms with E-state index >= 15 is 0 Å². The molecule has 4 nitrogen and oxygen atoms in total. The van der Waals surface area contributed by atoms with E-state index in [1.165, 1.54) is 96.3 Å². The number of quaternary nitrogens is 1. The minimum Gasteiger partial charge on any atom is -0.320 e. The van der Waals surface area contributed by atoms with Crippen LogP contribution in [0.5, 0.6) is 0 Å². The maximum absolute atomic E-state index is 12.7. The quantitative estimate of drug-likeness (QED) is 0.0637. The normalized spacial score (nSPS) is 15.2. The molecule has 0 aliphatic carbocycles. The minimum atomic E-state index is -3.57. The number of hydrogen-bond donors (Lipinski definition) is 1. The van der Waals surface area contributed by atoms with Gasteiger partial charge in [-0.05, 0) is 38.5 Å². The summed E-state index contributed by atoms with van der Waals surface area (Å²) < 4.78 is 18.6. The summed E-state index contributed by atoms with van der Waals surface area (Å²) in [4.78, 5) is 10.4. The van der Waals surface area contributed by atoms with Gasteiger partial charge in [0.1, 0.15) is 0 Å². The molecule has 1 N–H and O–H groups in total. The first-order valence-corrected chi connectivity index (χ1v) is 15.8. The van der Waals surface area contributed by atoms with Gasteiger partial charge in [0.2, 0.25) is 0 Å². The van der Waals surface area contributed by atoms with Crippen molar-refractivity contribution in [3.8, 4) is 0 Å². The molecule has 0 aliphatic heterocycles. The maximum Gasteiger partial charge on any atom is 0.385 e. The predicted molar refractivity (Wildman–Crippen MR) is 146 cm³/mol. The van der Waals surface area contributed by atoms with E-state index in [9.17, 15) is 9.46 Å². The van der Waals surface area contributed by atoms with Crippen LogP contribution in [0.1, 0.15) is 136 Å². The van der Waals surface area contributed by atoms with Gasteiger partial charge in [0.15, 0.2) is 5.78 Å². The Morgan fingerprint density at radius 1 is 0.697 bits per heavy atom. The molecule has 0 heterocycles. The van der Waals surface area contributed by atoms with Crippen LogP contribution in [0.3, 0.4) is 0 Å². The van der Waals surface area contributed by atoms with Crippen LogP contribution >= 0.6 is 7.60 Å². The Balaban J connectivity index is 3.51. The highest BCUT2D eigenvalue weighted by Crippen LogP contribution is 2.51. The van der Waals surface area contributed by atoms with Crippen molar-refractivity contribution in [1.29, 1.82) is 0 Å². The number of allylic oxidation sites excluding steroid dienone is 2. The third kappa shape index (κ3) is 19.8. The third-order valence-electron chi connectivity index (χ3n) is 6.50. The van der Waals surface area contributed by atoms with Crippen molar-refractivity contribution in [1.82, 2.24) is 0 Å². The summed E-state index contributed by atoms with van der Waals surface area (Å²) in [6.07, 6.45) is 28.4. The summed E-state index contributed by atoms with van der Waals surface area (Å²) in [5.41, 5.74) is 0. The molecule has 0 amide bonds. The van der Waals surface area contributed by atoms with Crippen molar-refractivity contribution in [3.05, 3.63) is 12.2 Å². The van der Waals surface area contributed by atoms with Gasteiger partial charge in [-0.2, -0.15) is 0 Å². The zero-order chi connectivity index (χ0) is 24.8. The van der Waals surface area contributed by atoms with E-state index in [1.54, 1.807) is 0 Å². The highest BCUT2D eigenvalue weighted by Gasteiger charge is 2.41. The highest BCUT2D eigenvalue weighted by atomic mass is 31.2. The average Bonchev–Trinajstić information content (AvgIpc) is 2.75. The van der Waals surface area contributed by atoms with Gasteiger partial charge in [-0.3, -0.25) is 4.57 Å². The van der Waals surface area contributed by atoms with Crippen LogP contribution in [0.2, 0.25) is 0 Å². The highest BCUT2D eigenvalue weighted by molar-refractivity contribution is 7.53. The van der Waals surface area contributed by atoms with Gasteiger partial charge in [0, 0.05) is 6.42 Å². The molecule has 0 bridgehead atoms. The van der Waals surface area contributed by atoms with Crippen molar-refractivity contribution in [2.45, 2.75) is 142 Å². The zero-order valence-corrected chi connectivity index (χ0v) is 23.9. The Labute approximate surface area is 207 Å². The average molecular weight is 489 g/mol. The van der Waals surface area contributed by atoms with Crippen LogP contribution in [-0.4, -0.2) is 42.9 Å². The van der Waals surface area contributed by atoms with Crippen molar-refractivity contribution >= 4 is 7.60 Å². The molecule has 0 aliphatic rings. The molecule has 33 heavy (non-hydrogen) atoms. The van der Waals surface area contributed by atoms with Gasteiger partial charge in [-0.15, -0.1) is 0 Å². The van der Waals surface area contributed by atoms with Crippen LogP contribution in [0, 0.1) is 0 Å². The molecule has 0 aromatic heterocycles. The van der Waals surface area contributed by atoms with Gasteiger partial charge in [-0.1, -0.05) is 103 Å². The third-order valence-corrected chi connectivity index (χ3v) is 8.76. The Kier molecular flexibility index (Phi) is 21.1. The first-order chi connectivity index (χ1) is 15.8. The summed E-state index contributed by atoms with van der Waals surface area (Å²) in [7, 11) is 2.35. The van der Waals surface area contributed by atoms with E-state index in [2.05, 4.69) is 26.0 Å². The Morgan fingerprint density at radius 3 is 1.55 bits per heavy atom. The number of hydrogen-bond acceptors (Lipinski definition) is 2. The van der Waals surface area contributed by atoms with Crippen molar-refractivity contribution in [2.24, 2.45) is 0 Å².